The Balaban J connectivity index is 1.85. The number of para-hydroxylation sites is 1. The molecule has 0 saturated carbocycles. The number of ether oxygens (including phenoxy) is 2. The third kappa shape index (κ3) is 5.59. The molecule has 3 aromatic rings. The van der Waals surface area contributed by atoms with E-state index in [1.54, 1.807) is 50.6 Å². The summed E-state index contributed by atoms with van der Waals surface area (Å²) < 4.78 is 37.0. The van der Waals surface area contributed by atoms with E-state index in [0.717, 1.165) is 17.4 Å². The van der Waals surface area contributed by atoms with Crippen LogP contribution in [-0.4, -0.2) is 34.8 Å². The number of carbonyl (C=O) groups is 1. The van der Waals surface area contributed by atoms with E-state index >= 15 is 0 Å². The van der Waals surface area contributed by atoms with Gasteiger partial charge in [0.2, 0.25) is 10.0 Å². The van der Waals surface area contributed by atoms with Gasteiger partial charge >= 0.3 is 0 Å². The van der Waals surface area contributed by atoms with Gasteiger partial charge in [-0.15, -0.1) is 0 Å². The first-order valence-corrected chi connectivity index (χ1v) is 11.8. The summed E-state index contributed by atoms with van der Waals surface area (Å²) in [7, 11) is -0.534. The summed E-state index contributed by atoms with van der Waals surface area (Å²) >= 11 is 0. The quantitative estimate of drug-likeness (QED) is 0.534. The predicted molar refractivity (Wildman–Crippen MR) is 125 cm³/mol. The van der Waals surface area contributed by atoms with Gasteiger partial charge in [0.25, 0.3) is 5.91 Å². The van der Waals surface area contributed by atoms with Crippen molar-refractivity contribution in [3.8, 4) is 11.5 Å². The molecule has 0 saturated heterocycles. The van der Waals surface area contributed by atoms with Crippen LogP contribution in [0, 0.1) is 0 Å². The van der Waals surface area contributed by atoms with Crippen molar-refractivity contribution in [3.05, 3.63) is 89.5 Å². The Morgan fingerprint density at radius 2 is 1.53 bits per heavy atom. The lowest BCUT2D eigenvalue weighted by molar-refractivity contribution is 0.0951. The number of carbonyl (C=O) groups excluding carboxylic acids is 1. The molecular formula is C24H26N2O5S. The van der Waals surface area contributed by atoms with Gasteiger partial charge in [-0.3, -0.25) is 9.10 Å². The smallest absolute Gasteiger partial charge is 0.253 e. The van der Waals surface area contributed by atoms with Crippen molar-refractivity contribution in [2.75, 3.05) is 24.8 Å². The van der Waals surface area contributed by atoms with Crippen LogP contribution in [0.15, 0.2) is 72.8 Å². The molecule has 0 spiro atoms. The lowest BCUT2D eigenvalue weighted by atomic mass is 10.1. The molecular weight excluding hydrogens is 428 g/mol. The molecule has 3 aromatic carbocycles. The average molecular weight is 455 g/mol. The van der Waals surface area contributed by atoms with Crippen molar-refractivity contribution in [2.24, 2.45) is 0 Å². The fraction of sp³-hybridized carbons (Fsp3) is 0.208. The van der Waals surface area contributed by atoms with Crippen LogP contribution in [-0.2, 0) is 23.1 Å². The summed E-state index contributed by atoms with van der Waals surface area (Å²) in [5, 5.41) is 2.86. The van der Waals surface area contributed by atoms with Crippen LogP contribution >= 0.6 is 0 Å². The highest BCUT2D eigenvalue weighted by atomic mass is 32.2. The van der Waals surface area contributed by atoms with Crippen molar-refractivity contribution in [1.29, 1.82) is 0 Å². The van der Waals surface area contributed by atoms with Crippen LogP contribution in [0.2, 0.25) is 0 Å². The van der Waals surface area contributed by atoms with E-state index in [1.165, 1.54) is 4.31 Å². The Hall–Kier alpha value is -3.52. The third-order valence-corrected chi connectivity index (χ3v) is 6.01. The van der Waals surface area contributed by atoms with Crippen LogP contribution in [0.3, 0.4) is 0 Å². The molecule has 0 bridgehead atoms. The number of hydrogen-bond donors (Lipinski definition) is 1. The first-order chi connectivity index (χ1) is 15.3. The standard InChI is InChI=1S/C24H26N2O5S/c1-30-22-14-13-19(15-23(22)31-2)16-25-24(27)20-11-7-8-12-21(20)26(32(3,28)29)17-18-9-5-4-6-10-18/h4-15H,16-17H2,1-3H3,(H,25,27). The van der Waals surface area contributed by atoms with Crippen LogP contribution in [0.4, 0.5) is 5.69 Å². The molecule has 168 valence electrons. The normalized spacial score (nSPS) is 11.0. The van der Waals surface area contributed by atoms with Gasteiger partial charge in [0.15, 0.2) is 11.5 Å². The summed E-state index contributed by atoms with van der Waals surface area (Å²) in [6, 6.07) is 21.3. The minimum Gasteiger partial charge on any atom is -0.493 e. The minimum atomic E-state index is -3.63. The second-order valence-corrected chi connectivity index (χ2v) is 9.05. The molecule has 0 heterocycles. The first-order valence-electron chi connectivity index (χ1n) is 9.93. The van der Waals surface area contributed by atoms with Crippen molar-refractivity contribution >= 4 is 21.6 Å². The fourth-order valence-electron chi connectivity index (χ4n) is 3.28. The van der Waals surface area contributed by atoms with E-state index in [1.807, 2.05) is 36.4 Å². The van der Waals surface area contributed by atoms with Crippen molar-refractivity contribution in [3.63, 3.8) is 0 Å². The van der Waals surface area contributed by atoms with Crippen LogP contribution < -0.4 is 19.1 Å². The van der Waals surface area contributed by atoms with Crippen LogP contribution in [0.5, 0.6) is 11.5 Å². The topological polar surface area (TPSA) is 84.9 Å². The summed E-state index contributed by atoms with van der Waals surface area (Å²) in [5.74, 6) is 0.778. The molecule has 7 nitrogen and oxygen atoms in total. The number of sulfonamides is 1. The SMILES string of the molecule is COc1ccc(CNC(=O)c2ccccc2N(Cc2ccccc2)S(C)(=O)=O)cc1OC. The van der Waals surface area contributed by atoms with Gasteiger partial charge in [-0.05, 0) is 35.4 Å². The summed E-state index contributed by atoms with van der Waals surface area (Å²) in [4.78, 5) is 13.0. The molecule has 0 aliphatic carbocycles. The fourth-order valence-corrected chi connectivity index (χ4v) is 4.18. The summed E-state index contributed by atoms with van der Waals surface area (Å²) in [6.45, 7) is 0.366. The lowest BCUT2D eigenvalue weighted by Gasteiger charge is -2.25. The predicted octanol–water partition coefficient (Wildman–Crippen LogP) is 3.60. The van der Waals surface area contributed by atoms with E-state index in [0.29, 0.717) is 17.2 Å². The highest BCUT2D eigenvalue weighted by Crippen LogP contribution is 2.28. The molecule has 0 aromatic heterocycles. The maximum atomic E-state index is 13.0. The van der Waals surface area contributed by atoms with Gasteiger partial charge in [0, 0.05) is 6.54 Å². The molecule has 32 heavy (non-hydrogen) atoms. The zero-order valence-corrected chi connectivity index (χ0v) is 19.1. The largest absolute Gasteiger partial charge is 0.493 e. The average Bonchev–Trinajstić information content (AvgIpc) is 2.80. The second kappa shape index (κ2) is 10.2. The van der Waals surface area contributed by atoms with E-state index < -0.39 is 10.0 Å². The number of rotatable bonds is 9. The maximum absolute atomic E-state index is 13.0. The Morgan fingerprint density at radius 1 is 0.875 bits per heavy atom. The minimum absolute atomic E-state index is 0.125. The zero-order valence-electron chi connectivity index (χ0n) is 18.2. The molecule has 0 aliphatic rings. The summed E-state index contributed by atoms with van der Waals surface area (Å²) in [6.07, 6.45) is 1.13. The highest BCUT2D eigenvalue weighted by molar-refractivity contribution is 7.92. The number of nitrogens with zero attached hydrogens (tertiary/aromatic N) is 1. The van der Waals surface area contributed by atoms with Crippen molar-refractivity contribution in [1.82, 2.24) is 5.32 Å². The van der Waals surface area contributed by atoms with E-state index in [-0.39, 0.29) is 24.6 Å². The number of methoxy groups -OCH3 is 2. The monoisotopic (exact) mass is 454 g/mol. The van der Waals surface area contributed by atoms with Gasteiger partial charge in [-0.2, -0.15) is 0 Å². The van der Waals surface area contributed by atoms with E-state index in [4.69, 9.17) is 9.47 Å². The number of benzene rings is 3. The number of anilines is 1. The van der Waals surface area contributed by atoms with Crippen LogP contribution in [0.25, 0.3) is 0 Å². The van der Waals surface area contributed by atoms with Gasteiger partial charge in [-0.1, -0.05) is 48.5 Å². The molecule has 3 rings (SSSR count). The second-order valence-electron chi connectivity index (χ2n) is 7.14. The lowest BCUT2D eigenvalue weighted by Crippen LogP contribution is -2.32. The van der Waals surface area contributed by atoms with Gasteiger partial charge in [-0.25, -0.2) is 8.42 Å². The number of nitrogens with one attached hydrogen (secondary N) is 1. The van der Waals surface area contributed by atoms with Gasteiger partial charge in [0.05, 0.1) is 38.3 Å². The van der Waals surface area contributed by atoms with Gasteiger partial charge in [0.1, 0.15) is 0 Å². The third-order valence-electron chi connectivity index (χ3n) is 4.89. The van der Waals surface area contributed by atoms with Gasteiger partial charge < -0.3 is 14.8 Å². The number of hydrogen-bond acceptors (Lipinski definition) is 5. The Kier molecular flexibility index (Phi) is 7.37. The maximum Gasteiger partial charge on any atom is 0.253 e. The number of amides is 1. The molecule has 1 N–H and O–H groups in total. The highest BCUT2D eigenvalue weighted by Gasteiger charge is 2.23. The van der Waals surface area contributed by atoms with Crippen LogP contribution in [0.1, 0.15) is 21.5 Å². The Morgan fingerprint density at radius 3 is 2.19 bits per heavy atom. The van der Waals surface area contributed by atoms with E-state index in [9.17, 15) is 13.2 Å². The molecule has 8 heteroatoms. The zero-order chi connectivity index (χ0) is 23.1. The summed E-state index contributed by atoms with van der Waals surface area (Å²) in [5.41, 5.74) is 2.23. The molecule has 0 aliphatic heterocycles. The van der Waals surface area contributed by atoms with Crippen molar-refractivity contribution < 1.29 is 22.7 Å². The first kappa shape index (κ1) is 23.1. The molecule has 0 atom stereocenters. The molecule has 1 amide bonds. The van der Waals surface area contributed by atoms with E-state index in [2.05, 4.69) is 5.32 Å². The molecule has 0 radical (unpaired) electrons. The Bertz CT molecular complexity index is 1180. The Labute approximate surface area is 188 Å². The molecule has 0 unspecified atom stereocenters. The van der Waals surface area contributed by atoms with Crippen molar-refractivity contribution in [2.45, 2.75) is 13.1 Å². The molecule has 0 fully saturated rings.